The number of esters is 8. The largest absolute Gasteiger partial charge is 0.465 e. The lowest BCUT2D eigenvalue weighted by Crippen LogP contribution is -2.59. The number of carbonyl (C=O) groups is 8. The summed E-state index contributed by atoms with van der Waals surface area (Å²) in [4.78, 5) is 95.2. The van der Waals surface area contributed by atoms with Crippen LogP contribution in [0.25, 0.3) is 0 Å². The first kappa shape index (κ1) is 74.0. The van der Waals surface area contributed by atoms with Gasteiger partial charge in [0, 0.05) is 0 Å². The van der Waals surface area contributed by atoms with Crippen molar-refractivity contribution in [2.75, 3.05) is 26.4 Å². The summed E-state index contributed by atoms with van der Waals surface area (Å²) < 4.78 is 43.3. The Morgan fingerprint density at radius 3 is 1.01 bits per heavy atom. The van der Waals surface area contributed by atoms with Crippen LogP contribution in [0.15, 0.2) is 0 Å². The molecule has 0 heterocycles. The van der Waals surface area contributed by atoms with Crippen LogP contribution in [0.1, 0.15) is 291 Å². The first-order valence-corrected chi connectivity index (χ1v) is 32.8. The molecule has 84 heavy (non-hydrogen) atoms. The zero-order valence-electron chi connectivity index (χ0n) is 55.5. The predicted molar refractivity (Wildman–Crippen MR) is 323 cm³/mol. The smallest absolute Gasteiger partial charge is 0.344 e. The van der Waals surface area contributed by atoms with Crippen molar-refractivity contribution in [3.8, 4) is 0 Å². The number of rotatable bonds is 24. The lowest BCUT2D eigenvalue weighted by atomic mass is 9.49. The van der Waals surface area contributed by atoms with Crippen molar-refractivity contribution in [1.82, 2.24) is 0 Å². The van der Waals surface area contributed by atoms with Crippen LogP contribution < -0.4 is 0 Å². The molecule has 7 aliphatic carbocycles. The van der Waals surface area contributed by atoms with Crippen LogP contribution in [0, 0.1) is 45.3 Å². The Hall–Kier alpha value is -4.24. The molecule has 16 heteroatoms. The van der Waals surface area contributed by atoms with Gasteiger partial charge in [0.15, 0.2) is 13.2 Å². The monoisotopic (exact) mass is 1190 g/mol. The Bertz CT molecular complexity index is 2090. The van der Waals surface area contributed by atoms with Crippen LogP contribution in [0.5, 0.6) is 0 Å². The van der Waals surface area contributed by atoms with Gasteiger partial charge in [0.2, 0.25) is 0 Å². The summed E-state index contributed by atoms with van der Waals surface area (Å²) in [5.41, 5.74) is -3.35. The molecule has 484 valence electrons. The fourth-order valence-electron chi connectivity index (χ4n) is 12.6. The van der Waals surface area contributed by atoms with Crippen molar-refractivity contribution in [3.05, 3.63) is 0 Å². The number of hydrogen-bond acceptors (Lipinski definition) is 16. The van der Waals surface area contributed by atoms with Crippen molar-refractivity contribution in [2.45, 2.75) is 313 Å². The summed E-state index contributed by atoms with van der Waals surface area (Å²) in [6.07, 6.45) is 26.9. The predicted octanol–water partition coefficient (Wildman–Crippen LogP) is 15.0. The lowest BCUT2D eigenvalue weighted by Gasteiger charge is -2.60. The maximum Gasteiger partial charge on any atom is 0.344 e. The molecule has 0 spiro atoms. The maximum atomic E-state index is 12.5. The van der Waals surface area contributed by atoms with Crippen LogP contribution in [0.2, 0.25) is 0 Å². The van der Waals surface area contributed by atoms with Gasteiger partial charge in [-0.25, -0.2) is 9.59 Å². The fraction of sp³-hybridized carbons (Fsp3) is 0.882. The van der Waals surface area contributed by atoms with Gasteiger partial charge in [0.1, 0.15) is 35.6 Å². The van der Waals surface area contributed by atoms with Crippen molar-refractivity contribution < 1.29 is 76.3 Å². The molecule has 0 aromatic heterocycles. The molecule has 0 atom stereocenters. The van der Waals surface area contributed by atoms with Crippen LogP contribution >= 0.6 is 0 Å². The summed E-state index contributed by atoms with van der Waals surface area (Å²) >= 11 is 0. The minimum atomic E-state index is -0.548. The van der Waals surface area contributed by atoms with Gasteiger partial charge in [-0.15, -0.1) is 0 Å². The molecule has 16 nitrogen and oxygen atoms in total. The third-order valence-corrected chi connectivity index (χ3v) is 20.1. The molecule has 0 N–H and O–H groups in total. The van der Waals surface area contributed by atoms with E-state index in [0.29, 0.717) is 31.1 Å². The van der Waals surface area contributed by atoms with Gasteiger partial charge in [-0.05, 0) is 241 Å². The van der Waals surface area contributed by atoms with Crippen molar-refractivity contribution in [1.29, 1.82) is 0 Å². The Balaban J connectivity index is 0.000000296. The van der Waals surface area contributed by atoms with E-state index in [4.69, 9.17) is 37.9 Å². The Kier molecular flexibility index (Phi) is 29.3. The van der Waals surface area contributed by atoms with E-state index < -0.39 is 33.6 Å². The van der Waals surface area contributed by atoms with Gasteiger partial charge in [-0.1, -0.05) is 60.8 Å². The molecule has 7 saturated carbocycles. The van der Waals surface area contributed by atoms with Crippen molar-refractivity contribution in [3.63, 3.8) is 0 Å². The molecule has 7 rings (SSSR count). The van der Waals surface area contributed by atoms with Gasteiger partial charge in [0.25, 0.3) is 0 Å². The van der Waals surface area contributed by atoms with E-state index >= 15 is 0 Å². The summed E-state index contributed by atoms with van der Waals surface area (Å²) in [6.45, 7) is 30.3. The average Bonchev–Trinajstić information content (AvgIpc) is 0.954. The first-order chi connectivity index (χ1) is 39.2. The zero-order valence-corrected chi connectivity index (χ0v) is 55.5. The van der Waals surface area contributed by atoms with Gasteiger partial charge < -0.3 is 37.9 Å². The SMILES string of the molecule is CCC(C)(C)C(=O)OCC(=O)OC1(C)CCCCC1.CCC(C)(C)C(=O)OCCC(=O)OC1(C)CCCCC1.CCC(C)(C)C(=O)OCCC(=O)OC1(CC)C2CC3CC(C2)CC1C3.CCC1(OC(=O)COC(=O)C(C)(C)CC)CCCCC1. The standard InChI is InChI=1S/C21H34O4.2C16H28O4.C15H26O4/c1-5-20(3,4)19(23)24-8-7-18(22)25-21(6-2)16-10-14-9-15(12-16)13-17(21)11-14;1-5-15(2,3)14(18)19-12-9-13(17)20-16(4)10-7-6-8-11-16;1-5-15(3,4)14(18)19-12-13(17)20-16(6-2)10-8-7-9-11-16;1-5-14(2,3)13(17)18-11-12(16)19-15(4)9-7-6-8-10-15/h14-17H,5-13H2,1-4H3;2*5-12H2,1-4H3;5-11H2,1-4H3. The van der Waals surface area contributed by atoms with E-state index in [0.717, 1.165) is 108 Å². The molecule has 0 radical (unpaired) electrons. The highest BCUT2D eigenvalue weighted by Crippen LogP contribution is 2.60. The van der Waals surface area contributed by atoms with Crippen molar-refractivity contribution in [2.24, 2.45) is 45.3 Å². The molecule has 4 bridgehead atoms. The molecule has 0 aliphatic heterocycles. The molecular weight excluding hydrogens is 1070 g/mol. The van der Waals surface area contributed by atoms with Crippen LogP contribution in [-0.4, -0.2) is 96.6 Å². The highest BCUT2D eigenvalue weighted by molar-refractivity contribution is 5.81. The zero-order chi connectivity index (χ0) is 63.2. The van der Waals surface area contributed by atoms with Gasteiger partial charge >= 0.3 is 47.8 Å². The highest BCUT2D eigenvalue weighted by Gasteiger charge is 2.58. The van der Waals surface area contributed by atoms with E-state index in [2.05, 4.69) is 6.92 Å². The summed E-state index contributed by atoms with van der Waals surface area (Å²) in [6, 6.07) is 0. The topological polar surface area (TPSA) is 210 Å². The Morgan fingerprint density at radius 2 is 0.679 bits per heavy atom. The van der Waals surface area contributed by atoms with Crippen LogP contribution in [-0.2, 0) is 76.3 Å². The van der Waals surface area contributed by atoms with E-state index in [-0.39, 0.29) is 97.5 Å². The molecule has 7 aliphatic rings. The third-order valence-electron chi connectivity index (χ3n) is 20.1. The highest BCUT2D eigenvalue weighted by atomic mass is 16.6. The number of carbonyl (C=O) groups excluding carboxylic acids is 8. The summed E-state index contributed by atoms with van der Waals surface area (Å²) in [5, 5.41) is 0. The minimum Gasteiger partial charge on any atom is -0.465 e. The molecule has 0 amide bonds. The summed E-state index contributed by atoms with van der Waals surface area (Å²) in [7, 11) is 0. The second kappa shape index (κ2) is 33.2. The van der Waals surface area contributed by atoms with E-state index in [1.807, 2.05) is 104 Å². The van der Waals surface area contributed by atoms with Gasteiger partial charge in [-0.3, -0.25) is 28.8 Å². The minimum absolute atomic E-state index is 0.108. The normalized spacial score (nSPS) is 23.8. The van der Waals surface area contributed by atoms with Gasteiger partial charge in [0.05, 0.1) is 34.5 Å². The Morgan fingerprint density at radius 1 is 0.369 bits per heavy atom. The first-order valence-electron chi connectivity index (χ1n) is 32.8. The molecular formula is C68H116O16. The maximum absolute atomic E-state index is 12.5. The van der Waals surface area contributed by atoms with E-state index in [1.165, 1.54) is 51.4 Å². The second-order valence-electron chi connectivity index (χ2n) is 28.5. The van der Waals surface area contributed by atoms with Crippen molar-refractivity contribution >= 4 is 47.8 Å². The fourth-order valence-corrected chi connectivity index (χ4v) is 12.6. The quantitative estimate of drug-likeness (QED) is 0.0650. The lowest BCUT2D eigenvalue weighted by molar-refractivity contribution is -0.211. The molecule has 0 unspecified atom stereocenters. The number of ether oxygens (including phenoxy) is 8. The van der Waals surface area contributed by atoms with Crippen LogP contribution in [0.3, 0.4) is 0 Å². The third kappa shape index (κ3) is 22.8. The van der Waals surface area contributed by atoms with E-state index in [9.17, 15) is 38.4 Å². The number of hydrogen-bond donors (Lipinski definition) is 0. The van der Waals surface area contributed by atoms with E-state index in [1.54, 1.807) is 0 Å². The molecule has 0 aromatic carbocycles. The summed E-state index contributed by atoms with van der Waals surface area (Å²) in [5.74, 6) is 0.299. The van der Waals surface area contributed by atoms with Crippen LogP contribution in [0.4, 0.5) is 0 Å². The molecule has 0 aromatic rings. The second-order valence-corrected chi connectivity index (χ2v) is 28.5. The Labute approximate surface area is 506 Å². The molecule has 0 saturated heterocycles. The van der Waals surface area contributed by atoms with Gasteiger partial charge in [-0.2, -0.15) is 0 Å². The molecule has 7 fully saturated rings. The average molecular weight is 1190 g/mol.